The molecule has 0 bridgehead atoms. The van der Waals surface area contributed by atoms with Gasteiger partial charge in [0.05, 0.1) is 19.9 Å². The van der Waals surface area contributed by atoms with E-state index in [1.807, 2.05) is 6.07 Å². The molecule has 35 heavy (non-hydrogen) atoms. The van der Waals surface area contributed by atoms with Crippen molar-refractivity contribution in [3.63, 3.8) is 0 Å². The molecule has 3 aromatic carbocycles. The van der Waals surface area contributed by atoms with E-state index >= 15 is 0 Å². The van der Waals surface area contributed by atoms with Crippen LogP contribution in [0.5, 0.6) is 17.2 Å². The summed E-state index contributed by atoms with van der Waals surface area (Å²) in [4.78, 5) is 24.8. The van der Waals surface area contributed by atoms with Crippen molar-refractivity contribution in [2.75, 3.05) is 31.5 Å². The van der Waals surface area contributed by atoms with Crippen LogP contribution < -0.4 is 24.8 Å². The van der Waals surface area contributed by atoms with Gasteiger partial charge in [-0.3, -0.25) is 9.59 Å². The Balaban J connectivity index is 1.68. The van der Waals surface area contributed by atoms with Crippen molar-refractivity contribution < 1.29 is 23.8 Å². The third-order valence-corrected chi connectivity index (χ3v) is 4.96. The number of benzene rings is 3. The lowest BCUT2D eigenvalue weighted by Crippen LogP contribution is -2.20. The highest BCUT2D eigenvalue weighted by atomic mass is 35.5. The van der Waals surface area contributed by atoms with Crippen LogP contribution in [0.4, 0.5) is 11.4 Å². The number of halogens is 1. The Morgan fingerprint density at radius 3 is 2.34 bits per heavy atom. The number of ether oxygens (including phenoxy) is 3. The minimum Gasteiger partial charge on any atom is -0.495 e. The van der Waals surface area contributed by atoms with Crippen molar-refractivity contribution in [3.8, 4) is 23.3 Å². The van der Waals surface area contributed by atoms with E-state index in [0.29, 0.717) is 39.2 Å². The Kier molecular flexibility index (Phi) is 8.70. The lowest BCUT2D eigenvalue weighted by Gasteiger charge is -2.13. The third kappa shape index (κ3) is 7.00. The van der Waals surface area contributed by atoms with E-state index in [0.717, 1.165) is 0 Å². The van der Waals surface area contributed by atoms with Gasteiger partial charge in [0, 0.05) is 10.7 Å². The average Bonchev–Trinajstić information content (AvgIpc) is 2.87. The van der Waals surface area contributed by atoms with Crippen LogP contribution in [0.3, 0.4) is 0 Å². The molecule has 0 atom stereocenters. The van der Waals surface area contributed by atoms with Gasteiger partial charge in [-0.25, -0.2) is 0 Å². The topological polar surface area (TPSA) is 110 Å². The second kappa shape index (κ2) is 12.1. The van der Waals surface area contributed by atoms with E-state index < -0.39 is 5.91 Å². The summed E-state index contributed by atoms with van der Waals surface area (Å²) in [6, 6.07) is 20.3. The monoisotopic (exact) mass is 491 g/mol. The minimum absolute atomic E-state index is 0.105. The van der Waals surface area contributed by atoms with Gasteiger partial charge < -0.3 is 24.8 Å². The third-order valence-electron chi connectivity index (χ3n) is 4.71. The zero-order valence-corrected chi connectivity index (χ0v) is 19.8. The summed E-state index contributed by atoms with van der Waals surface area (Å²) in [6.45, 7) is -0.267. The molecule has 3 aromatic rings. The molecule has 0 saturated carbocycles. The first-order chi connectivity index (χ1) is 16.9. The largest absolute Gasteiger partial charge is 0.495 e. The maximum atomic E-state index is 12.5. The van der Waals surface area contributed by atoms with Gasteiger partial charge in [-0.1, -0.05) is 29.8 Å². The number of nitriles is 1. The number of para-hydroxylation sites is 2. The van der Waals surface area contributed by atoms with Gasteiger partial charge in [0.2, 0.25) is 0 Å². The fourth-order valence-electron chi connectivity index (χ4n) is 3.02. The van der Waals surface area contributed by atoms with Gasteiger partial charge in [-0.2, -0.15) is 5.26 Å². The molecule has 178 valence electrons. The van der Waals surface area contributed by atoms with Gasteiger partial charge in [0.25, 0.3) is 11.8 Å². The van der Waals surface area contributed by atoms with Gasteiger partial charge in [0.1, 0.15) is 17.4 Å². The highest BCUT2D eigenvalue weighted by molar-refractivity contribution is 6.30. The van der Waals surface area contributed by atoms with Crippen LogP contribution in [0.2, 0.25) is 5.02 Å². The predicted octanol–water partition coefficient (Wildman–Crippen LogP) is 4.92. The van der Waals surface area contributed by atoms with Crippen molar-refractivity contribution >= 4 is 40.9 Å². The SMILES string of the molecule is COc1ccccc1NC(=O)COc1ccc(C=C(C#N)C(=O)Nc2ccc(Cl)cc2)cc1OC. The predicted molar refractivity (Wildman–Crippen MR) is 134 cm³/mol. The number of nitrogens with one attached hydrogen (secondary N) is 2. The molecule has 0 aliphatic rings. The summed E-state index contributed by atoms with van der Waals surface area (Å²) >= 11 is 5.85. The van der Waals surface area contributed by atoms with Gasteiger partial charge in [-0.05, 0) is 60.2 Å². The van der Waals surface area contributed by atoms with Crippen LogP contribution in [-0.4, -0.2) is 32.6 Å². The maximum Gasteiger partial charge on any atom is 0.266 e. The number of hydrogen-bond donors (Lipinski definition) is 2. The first kappa shape index (κ1) is 25.1. The Morgan fingerprint density at radius 2 is 1.66 bits per heavy atom. The Labute approximate surface area is 207 Å². The van der Waals surface area contributed by atoms with Crippen LogP contribution in [0.15, 0.2) is 72.3 Å². The summed E-state index contributed by atoms with van der Waals surface area (Å²) in [5.41, 5.74) is 1.47. The molecule has 0 aliphatic carbocycles. The molecule has 8 nitrogen and oxygen atoms in total. The zero-order valence-electron chi connectivity index (χ0n) is 19.0. The van der Waals surface area contributed by atoms with Crippen LogP contribution in [0.25, 0.3) is 6.08 Å². The van der Waals surface area contributed by atoms with Crippen LogP contribution in [0.1, 0.15) is 5.56 Å². The van der Waals surface area contributed by atoms with Crippen molar-refractivity contribution in [1.82, 2.24) is 0 Å². The van der Waals surface area contributed by atoms with Crippen LogP contribution in [-0.2, 0) is 9.59 Å². The van der Waals surface area contributed by atoms with E-state index in [9.17, 15) is 14.9 Å². The zero-order chi connectivity index (χ0) is 25.2. The molecular formula is C26H22ClN3O5. The van der Waals surface area contributed by atoms with E-state index in [1.165, 1.54) is 20.3 Å². The number of anilines is 2. The summed E-state index contributed by atoms with van der Waals surface area (Å²) < 4.78 is 16.2. The number of hydrogen-bond acceptors (Lipinski definition) is 6. The molecule has 2 amide bonds. The molecular weight excluding hydrogens is 470 g/mol. The van der Waals surface area contributed by atoms with Gasteiger partial charge in [-0.15, -0.1) is 0 Å². The number of carbonyl (C=O) groups excluding carboxylic acids is 2. The molecule has 0 radical (unpaired) electrons. The molecule has 0 fully saturated rings. The highest BCUT2D eigenvalue weighted by Gasteiger charge is 2.13. The highest BCUT2D eigenvalue weighted by Crippen LogP contribution is 2.29. The molecule has 2 N–H and O–H groups in total. The summed E-state index contributed by atoms with van der Waals surface area (Å²) in [5, 5.41) is 15.4. The number of nitrogens with zero attached hydrogens (tertiary/aromatic N) is 1. The summed E-state index contributed by atoms with van der Waals surface area (Å²) in [7, 11) is 2.96. The van der Waals surface area contributed by atoms with Crippen molar-refractivity contribution in [3.05, 3.63) is 82.9 Å². The van der Waals surface area contributed by atoms with E-state index in [2.05, 4.69) is 10.6 Å². The second-order valence-corrected chi connectivity index (χ2v) is 7.51. The van der Waals surface area contributed by atoms with E-state index in [1.54, 1.807) is 66.7 Å². The first-order valence-corrected chi connectivity index (χ1v) is 10.7. The smallest absolute Gasteiger partial charge is 0.266 e. The van der Waals surface area contributed by atoms with Crippen molar-refractivity contribution in [2.24, 2.45) is 0 Å². The molecule has 0 heterocycles. The molecule has 0 unspecified atom stereocenters. The fraction of sp³-hybridized carbons (Fsp3) is 0.115. The van der Waals surface area contributed by atoms with E-state index in [4.69, 9.17) is 25.8 Å². The Hall–Kier alpha value is -4.48. The molecule has 0 saturated heterocycles. The Morgan fingerprint density at radius 1 is 0.943 bits per heavy atom. The molecule has 0 spiro atoms. The number of rotatable bonds is 9. The average molecular weight is 492 g/mol. The minimum atomic E-state index is -0.567. The summed E-state index contributed by atoms with van der Waals surface area (Å²) in [6.07, 6.45) is 1.42. The second-order valence-electron chi connectivity index (χ2n) is 7.08. The molecule has 0 aliphatic heterocycles. The first-order valence-electron chi connectivity index (χ1n) is 10.4. The Bertz CT molecular complexity index is 1280. The van der Waals surface area contributed by atoms with Crippen molar-refractivity contribution in [2.45, 2.75) is 0 Å². The molecule has 9 heteroatoms. The maximum absolute atomic E-state index is 12.5. The number of carbonyl (C=O) groups is 2. The summed E-state index contributed by atoms with van der Waals surface area (Å²) in [5.74, 6) is 0.236. The fourth-order valence-corrected chi connectivity index (χ4v) is 3.14. The molecule has 3 rings (SSSR count). The van der Waals surface area contributed by atoms with Gasteiger partial charge in [0.15, 0.2) is 18.1 Å². The lowest BCUT2D eigenvalue weighted by atomic mass is 10.1. The number of amides is 2. The van der Waals surface area contributed by atoms with E-state index in [-0.39, 0.29) is 18.1 Å². The molecule has 0 aromatic heterocycles. The standard InChI is InChI=1S/C26H22ClN3O5/c1-33-22-6-4-3-5-21(22)30-25(31)16-35-23-12-7-17(14-24(23)34-2)13-18(15-28)26(32)29-20-10-8-19(27)9-11-20/h3-14H,16H2,1-2H3,(H,29,32)(H,30,31). The number of methoxy groups -OCH3 is 2. The van der Waals surface area contributed by atoms with Gasteiger partial charge >= 0.3 is 0 Å². The van der Waals surface area contributed by atoms with Crippen LogP contribution in [0, 0.1) is 11.3 Å². The normalized spacial score (nSPS) is 10.6. The van der Waals surface area contributed by atoms with Crippen molar-refractivity contribution in [1.29, 1.82) is 5.26 Å². The van der Waals surface area contributed by atoms with Crippen LogP contribution >= 0.6 is 11.6 Å². The lowest BCUT2D eigenvalue weighted by molar-refractivity contribution is -0.118. The quantitative estimate of drug-likeness (QED) is 0.325.